The first kappa shape index (κ1) is 17.1. The normalized spacial score (nSPS) is 15.3. The van der Waals surface area contributed by atoms with Crippen molar-refractivity contribution in [3.8, 4) is 11.5 Å². The van der Waals surface area contributed by atoms with Crippen molar-refractivity contribution >= 4 is 29.0 Å². The number of nitrogens with one attached hydrogen (secondary N) is 1. The van der Waals surface area contributed by atoms with Gasteiger partial charge < -0.3 is 9.47 Å². The third kappa shape index (κ3) is 4.87. The molecule has 0 atom stereocenters. The molecule has 1 heterocycles. The van der Waals surface area contributed by atoms with E-state index in [-0.39, 0.29) is 11.1 Å². The van der Waals surface area contributed by atoms with Crippen LogP contribution < -0.4 is 14.8 Å². The summed E-state index contributed by atoms with van der Waals surface area (Å²) < 4.78 is 11.2. The van der Waals surface area contributed by atoms with E-state index in [9.17, 15) is 9.59 Å². The van der Waals surface area contributed by atoms with E-state index >= 15 is 0 Å². The molecule has 2 amide bonds. The predicted molar refractivity (Wildman–Crippen MR) is 97.7 cm³/mol. The summed E-state index contributed by atoms with van der Waals surface area (Å²) in [5.41, 5.74) is 2.02. The lowest BCUT2D eigenvalue weighted by atomic mass is 10.2. The first-order valence-electron chi connectivity index (χ1n) is 7.77. The molecule has 1 saturated heterocycles. The molecule has 5 nitrogen and oxygen atoms in total. The van der Waals surface area contributed by atoms with Gasteiger partial charge in [0, 0.05) is 0 Å². The SMILES string of the molecule is Cc1ccc(OCCOc2ccc(/C=C3\SC(=O)NC3=O)cc2)cc1. The fourth-order valence-electron chi connectivity index (χ4n) is 2.19. The highest BCUT2D eigenvalue weighted by Gasteiger charge is 2.24. The minimum absolute atomic E-state index is 0.343. The van der Waals surface area contributed by atoms with Crippen LogP contribution >= 0.6 is 11.8 Å². The van der Waals surface area contributed by atoms with Gasteiger partial charge in [-0.3, -0.25) is 14.9 Å². The molecule has 0 aromatic heterocycles. The number of rotatable bonds is 6. The van der Waals surface area contributed by atoms with Crippen LogP contribution in [0.3, 0.4) is 0 Å². The maximum atomic E-state index is 11.5. The minimum atomic E-state index is -0.358. The Hall–Kier alpha value is -2.73. The quantitative estimate of drug-likeness (QED) is 0.631. The lowest BCUT2D eigenvalue weighted by Gasteiger charge is -2.08. The highest BCUT2D eigenvalue weighted by Crippen LogP contribution is 2.26. The van der Waals surface area contributed by atoms with Crippen LogP contribution in [0.2, 0.25) is 0 Å². The zero-order valence-electron chi connectivity index (χ0n) is 13.7. The van der Waals surface area contributed by atoms with Crippen LogP contribution in [0.25, 0.3) is 6.08 Å². The van der Waals surface area contributed by atoms with E-state index in [1.807, 2.05) is 55.5 Å². The van der Waals surface area contributed by atoms with Crippen molar-refractivity contribution in [1.29, 1.82) is 0 Å². The molecule has 2 aromatic rings. The van der Waals surface area contributed by atoms with Crippen molar-refractivity contribution < 1.29 is 19.1 Å². The zero-order valence-corrected chi connectivity index (χ0v) is 14.5. The average Bonchev–Trinajstić information content (AvgIpc) is 2.92. The molecule has 0 unspecified atom stereocenters. The maximum absolute atomic E-state index is 11.5. The van der Waals surface area contributed by atoms with Gasteiger partial charge >= 0.3 is 0 Å². The topological polar surface area (TPSA) is 64.6 Å². The largest absolute Gasteiger partial charge is 0.490 e. The van der Waals surface area contributed by atoms with Gasteiger partial charge in [-0.1, -0.05) is 29.8 Å². The molecule has 1 N–H and O–H groups in total. The van der Waals surface area contributed by atoms with E-state index < -0.39 is 0 Å². The van der Waals surface area contributed by atoms with E-state index in [4.69, 9.17) is 9.47 Å². The minimum Gasteiger partial charge on any atom is -0.490 e. The molecular formula is C19H17NO4S. The van der Waals surface area contributed by atoms with Crippen LogP contribution in [0.15, 0.2) is 53.4 Å². The molecule has 6 heteroatoms. The number of thioether (sulfide) groups is 1. The highest BCUT2D eigenvalue weighted by atomic mass is 32.2. The number of amides is 2. The molecule has 1 aliphatic heterocycles. The smallest absolute Gasteiger partial charge is 0.290 e. The number of imide groups is 1. The molecule has 0 spiro atoms. The first-order chi connectivity index (χ1) is 12.1. The third-order valence-electron chi connectivity index (χ3n) is 3.46. The molecule has 0 radical (unpaired) electrons. The Labute approximate surface area is 150 Å². The summed E-state index contributed by atoms with van der Waals surface area (Å²) in [4.78, 5) is 23.0. The van der Waals surface area contributed by atoms with E-state index in [1.54, 1.807) is 6.08 Å². The van der Waals surface area contributed by atoms with Crippen molar-refractivity contribution in [3.63, 3.8) is 0 Å². The maximum Gasteiger partial charge on any atom is 0.290 e. The van der Waals surface area contributed by atoms with Crippen molar-refractivity contribution in [3.05, 3.63) is 64.6 Å². The van der Waals surface area contributed by atoms with Gasteiger partial charge in [-0.15, -0.1) is 0 Å². The molecule has 2 aromatic carbocycles. The van der Waals surface area contributed by atoms with Gasteiger partial charge in [-0.05, 0) is 54.6 Å². The van der Waals surface area contributed by atoms with Crippen molar-refractivity contribution in [2.45, 2.75) is 6.92 Å². The van der Waals surface area contributed by atoms with Crippen LogP contribution in [0.5, 0.6) is 11.5 Å². The van der Waals surface area contributed by atoms with Crippen LogP contribution in [0.4, 0.5) is 4.79 Å². The molecule has 1 fully saturated rings. The molecule has 0 bridgehead atoms. The monoisotopic (exact) mass is 355 g/mol. The molecular weight excluding hydrogens is 338 g/mol. The summed E-state index contributed by atoms with van der Waals surface area (Å²) in [6, 6.07) is 15.2. The Morgan fingerprint density at radius 1 is 0.920 bits per heavy atom. The standard InChI is InChI=1S/C19H17NO4S/c1-13-2-6-15(7-3-13)23-10-11-24-16-8-4-14(5-9-16)12-17-18(21)20-19(22)25-17/h2-9,12H,10-11H2,1H3,(H,20,21,22)/b17-12-. The summed E-state index contributed by atoms with van der Waals surface area (Å²) in [5, 5.41) is 1.88. The third-order valence-corrected chi connectivity index (χ3v) is 4.27. The summed E-state index contributed by atoms with van der Waals surface area (Å²) in [7, 11) is 0. The number of hydrogen-bond acceptors (Lipinski definition) is 5. The van der Waals surface area contributed by atoms with Gasteiger partial charge in [0.25, 0.3) is 11.1 Å². The van der Waals surface area contributed by atoms with Crippen LogP contribution in [-0.2, 0) is 4.79 Å². The lowest BCUT2D eigenvalue weighted by molar-refractivity contribution is -0.115. The van der Waals surface area contributed by atoms with Crippen LogP contribution in [0, 0.1) is 6.92 Å². The van der Waals surface area contributed by atoms with Crippen molar-refractivity contribution in [2.75, 3.05) is 13.2 Å². The Balaban J connectivity index is 1.48. The number of hydrogen-bond donors (Lipinski definition) is 1. The lowest BCUT2D eigenvalue weighted by Crippen LogP contribution is -2.17. The van der Waals surface area contributed by atoms with E-state index in [2.05, 4.69) is 5.32 Å². The number of aryl methyl sites for hydroxylation is 1. The van der Waals surface area contributed by atoms with Gasteiger partial charge in [0.2, 0.25) is 0 Å². The van der Waals surface area contributed by atoms with Crippen LogP contribution in [-0.4, -0.2) is 24.4 Å². The van der Waals surface area contributed by atoms with Crippen LogP contribution in [0.1, 0.15) is 11.1 Å². The van der Waals surface area contributed by atoms with Gasteiger partial charge in [-0.25, -0.2) is 0 Å². The van der Waals surface area contributed by atoms with Gasteiger partial charge in [0.15, 0.2) is 0 Å². The second-order valence-corrected chi connectivity index (χ2v) is 6.45. The summed E-state index contributed by atoms with van der Waals surface area (Å²) in [6.07, 6.45) is 1.68. The molecule has 25 heavy (non-hydrogen) atoms. The van der Waals surface area contributed by atoms with E-state index in [0.29, 0.717) is 23.9 Å². The number of carbonyl (C=O) groups is 2. The second kappa shape index (κ2) is 7.90. The number of benzene rings is 2. The van der Waals surface area contributed by atoms with Crippen molar-refractivity contribution in [1.82, 2.24) is 5.32 Å². The van der Waals surface area contributed by atoms with E-state index in [0.717, 1.165) is 23.1 Å². The fourth-order valence-corrected chi connectivity index (χ4v) is 2.87. The first-order valence-corrected chi connectivity index (χ1v) is 8.59. The van der Waals surface area contributed by atoms with Gasteiger partial charge in [0.05, 0.1) is 4.91 Å². The highest BCUT2D eigenvalue weighted by molar-refractivity contribution is 8.18. The Kier molecular flexibility index (Phi) is 5.40. The van der Waals surface area contributed by atoms with Gasteiger partial charge in [0.1, 0.15) is 24.7 Å². The fraction of sp³-hybridized carbons (Fsp3) is 0.158. The summed E-state index contributed by atoms with van der Waals surface area (Å²) >= 11 is 0.902. The zero-order chi connectivity index (χ0) is 17.6. The van der Waals surface area contributed by atoms with Gasteiger partial charge in [-0.2, -0.15) is 0 Å². The second-order valence-electron chi connectivity index (χ2n) is 5.43. The Morgan fingerprint density at radius 3 is 2.00 bits per heavy atom. The number of ether oxygens (including phenoxy) is 2. The van der Waals surface area contributed by atoms with Crippen molar-refractivity contribution in [2.24, 2.45) is 0 Å². The average molecular weight is 355 g/mol. The Bertz CT molecular complexity index is 797. The summed E-state index contributed by atoms with van der Waals surface area (Å²) in [5.74, 6) is 1.18. The molecule has 0 aliphatic carbocycles. The number of carbonyl (C=O) groups excluding carboxylic acids is 2. The Morgan fingerprint density at radius 2 is 1.48 bits per heavy atom. The summed E-state index contributed by atoms with van der Waals surface area (Å²) in [6.45, 7) is 2.91. The molecule has 128 valence electrons. The molecule has 3 rings (SSSR count). The predicted octanol–water partition coefficient (Wildman–Crippen LogP) is 3.78. The molecule has 1 aliphatic rings. The van der Waals surface area contributed by atoms with E-state index in [1.165, 1.54) is 5.56 Å². The molecule has 0 saturated carbocycles.